The zero-order valence-corrected chi connectivity index (χ0v) is 17.6. The topological polar surface area (TPSA) is 26.3 Å². The van der Waals surface area contributed by atoms with Crippen LogP contribution in [0.4, 0.5) is 0 Å². The van der Waals surface area contributed by atoms with Gasteiger partial charge in [-0.3, -0.25) is 4.79 Å². The van der Waals surface area contributed by atoms with E-state index in [0.717, 1.165) is 28.7 Å². The van der Waals surface area contributed by atoms with Crippen molar-refractivity contribution in [2.75, 3.05) is 26.7 Å². The van der Waals surface area contributed by atoms with Crippen molar-refractivity contribution in [1.82, 2.24) is 0 Å². The van der Waals surface area contributed by atoms with Gasteiger partial charge in [-0.05, 0) is 11.1 Å². The van der Waals surface area contributed by atoms with Crippen LogP contribution in [0.1, 0.15) is 41.5 Å². The number of quaternary nitrogens is 1. The van der Waals surface area contributed by atoms with Gasteiger partial charge in [0.25, 0.3) is 0 Å². The molecule has 0 bridgehead atoms. The molecule has 0 spiro atoms. The molecule has 0 amide bonds. The molecule has 1 unspecified atom stereocenters. The van der Waals surface area contributed by atoms with Crippen LogP contribution < -0.4 is 0 Å². The predicted octanol–water partition coefficient (Wildman–Crippen LogP) is 5.34. The lowest BCUT2D eigenvalue weighted by atomic mass is 9.91. The molecule has 1 saturated heterocycles. The first-order valence-corrected chi connectivity index (χ1v) is 10.8. The van der Waals surface area contributed by atoms with Crippen LogP contribution in [0.5, 0.6) is 0 Å². The highest BCUT2D eigenvalue weighted by Gasteiger charge is 2.38. The summed E-state index contributed by atoms with van der Waals surface area (Å²) in [5, 5.41) is 0. The third kappa shape index (κ3) is 4.47. The quantitative estimate of drug-likeness (QED) is 0.395. The fraction of sp³-hybridized carbons (Fsp3) is 0.296. The molecule has 0 N–H and O–H groups in total. The Morgan fingerprint density at radius 1 is 0.767 bits per heavy atom. The number of rotatable bonds is 7. The Labute approximate surface area is 179 Å². The standard InChI is InChI=1S/C27H30NO2/c1-28(19-11-12-20-28)25(22-13-5-2-6-14-22)21-30-27(29)26(23-15-7-3-8-16-23)24-17-9-4-10-18-24/h2-10,13-18,25-26H,11-12,19-21H2,1H3/q+1. The Morgan fingerprint density at radius 2 is 1.20 bits per heavy atom. The van der Waals surface area contributed by atoms with Crippen LogP contribution in [0, 0.1) is 0 Å². The highest BCUT2D eigenvalue weighted by Crippen LogP contribution is 2.33. The highest BCUT2D eigenvalue weighted by molar-refractivity contribution is 5.82. The van der Waals surface area contributed by atoms with Gasteiger partial charge in [-0.1, -0.05) is 91.0 Å². The molecule has 3 heteroatoms. The van der Waals surface area contributed by atoms with Crippen LogP contribution in [0.25, 0.3) is 0 Å². The fourth-order valence-electron chi connectivity index (χ4n) is 4.68. The average molecular weight is 401 g/mol. The second kappa shape index (κ2) is 9.27. The van der Waals surface area contributed by atoms with Gasteiger partial charge in [0.1, 0.15) is 18.6 Å². The second-order valence-electron chi connectivity index (χ2n) is 8.44. The van der Waals surface area contributed by atoms with Crippen molar-refractivity contribution in [2.24, 2.45) is 0 Å². The van der Waals surface area contributed by atoms with Gasteiger partial charge >= 0.3 is 5.97 Å². The third-order valence-electron chi connectivity index (χ3n) is 6.41. The SMILES string of the molecule is C[N+]1(C(COC(=O)C(c2ccccc2)c2ccccc2)c2ccccc2)CCCC1. The molecule has 0 saturated carbocycles. The summed E-state index contributed by atoms with van der Waals surface area (Å²) in [5.74, 6) is -0.591. The Hall–Kier alpha value is -2.91. The summed E-state index contributed by atoms with van der Waals surface area (Å²) in [6.07, 6.45) is 2.45. The predicted molar refractivity (Wildman–Crippen MR) is 120 cm³/mol. The largest absolute Gasteiger partial charge is 0.458 e. The van der Waals surface area contributed by atoms with Crippen LogP contribution in [0.3, 0.4) is 0 Å². The summed E-state index contributed by atoms with van der Waals surface area (Å²) >= 11 is 0. The van der Waals surface area contributed by atoms with Crippen LogP contribution in [-0.4, -0.2) is 37.2 Å². The normalized spacial score (nSPS) is 16.3. The van der Waals surface area contributed by atoms with E-state index >= 15 is 0 Å². The summed E-state index contributed by atoms with van der Waals surface area (Å²) in [7, 11) is 2.30. The Morgan fingerprint density at radius 3 is 1.67 bits per heavy atom. The molecule has 1 aliphatic heterocycles. The minimum absolute atomic E-state index is 0.157. The van der Waals surface area contributed by atoms with Gasteiger partial charge in [0.2, 0.25) is 0 Å². The zero-order valence-electron chi connectivity index (χ0n) is 17.6. The lowest BCUT2D eigenvalue weighted by Gasteiger charge is -2.38. The molecule has 0 radical (unpaired) electrons. The van der Waals surface area contributed by atoms with E-state index in [2.05, 4.69) is 31.3 Å². The van der Waals surface area contributed by atoms with E-state index in [1.165, 1.54) is 18.4 Å². The maximum atomic E-state index is 13.4. The molecule has 1 fully saturated rings. The van der Waals surface area contributed by atoms with Crippen molar-refractivity contribution in [3.63, 3.8) is 0 Å². The molecular formula is C27H30NO2+. The van der Waals surface area contributed by atoms with Crippen molar-refractivity contribution in [3.8, 4) is 0 Å². The van der Waals surface area contributed by atoms with E-state index in [0.29, 0.717) is 6.61 Å². The minimum atomic E-state index is -0.410. The van der Waals surface area contributed by atoms with Crippen LogP contribution >= 0.6 is 0 Å². The van der Waals surface area contributed by atoms with Gasteiger partial charge in [-0.15, -0.1) is 0 Å². The molecule has 1 aliphatic rings. The molecule has 1 atom stereocenters. The molecule has 154 valence electrons. The summed E-state index contributed by atoms with van der Waals surface area (Å²) in [6, 6.07) is 30.5. The van der Waals surface area contributed by atoms with Crippen LogP contribution in [-0.2, 0) is 9.53 Å². The lowest BCUT2D eigenvalue weighted by Crippen LogP contribution is -2.46. The number of hydrogen-bond donors (Lipinski definition) is 0. The van der Waals surface area contributed by atoms with Gasteiger partial charge in [-0.25, -0.2) is 0 Å². The number of nitrogens with zero attached hydrogens (tertiary/aromatic N) is 1. The molecule has 1 heterocycles. The van der Waals surface area contributed by atoms with E-state index in [4.69, 9.17) is 4.74 Å². The number of ether oxygens (including phenoxy) is 1. The van der Waals surface area contributed by atoms with Crippen molar-refractivity contribution < 1.29 is 14.0 Å². The van der Waals surface area contributed by atoms with Crippen LogP contribution in [0.2, 0.25) is 0 Å². The van der Waals surface area contributed by atoms with E-state index < -0.39 is 5.92 Å². The molecule has 0 aliphatic carbocycles. The van der Waals surface area contributed by atoms with Crippen LogP contribution in [0.15, 0.2) is 91.0 Å². The van der Waals surface area contributed by atoms with Crippen molar-refractivity contribution in [1.29, 1.82) is 0 Å². The summed E-state index contributed by atoms with van der Waals surface area (Å²) in [4.78, 5) is 13.4. The zero-order chi connectivity index (χ0) is 20.8. The van der Waals surface area contributed by atoms with Crippen molar-refractivity contribution >= 4 is 5.97 Å². The average Bonchev–Trinajstić information content (AvgIpc) is 3.23. The molecule has 30 heavy (non-hydrogen) atoms. The summed E-state index contributed by atoms with van der Waals surface area (Å²) < 4.78 is 6.98. The smallest absolute Gasteiger partial charge is 0.318 e. The molecule has 4 rings (SSSR count). The van der Waals surface area contributed by atoms with Crippen molar-refractivity contribution in [3.05, 3.63) is 108 Å². The maximum absolute atomic E-state index is 13.4. The molecule has 0 aromatic heterocycles. The number of likely N-dealkylation sites (tertiary alicyclic amines) is 1. The minimum Gasteiger partial charge on any atom is -0.458 e. The Kier molecular flexibility index (Phi) is 6.29. The number of hydrogen-bond acceptors (Lipinski definition) is 2. The Balaban J connectivity index is 1.58. The van der Waals surface area contributed by atoms with E-state index in [1.807, 2.05) is 66.7 Å². The van der Waals surface area contributed by atoms with Gasteiger partial charge in [0.05, 0.1) is 20.1 Å². The summed E-state index contributed by atoms with van der Waals surface area (Å²) in [5.41, 5.74) is 3.17. The highest BCUT2D eigenvalue weighted by atomic mass is 16.5. The monoisotopic (exact) mass is 400 g/mol. The van der Waals surface area contributed by atoms with Crippen molar-refractivity contribution in [2.45, 2.75) is 24.8 Å². The number of carbonyl (C=O) groups is 1. The number of benzene rings is 3. The summed E-state index contributed by atoms with van der Waals surface area (Å²) in [6.45, 7) is 2.64. The Bertz CT molecular complexity index is 895. The second-order valence-corrected chi connectivity index (χ2v) is 8.44. The lowest BCUT2D eigenvalue weighted by molar-refractivity contribution is -0.928. The first kappa shape index (κ1) is 20.4. The van der Waals surface area contributed by atoms with E-state index in [-0.39, 0.29) is 12.0 Å². The molecule has 3 nitrogen and oxygen atoms in total. The number of likely N-dealkylation sites (N-methyl/N-ethyl adjacent to an activating group) is 1. The molecule has 3 aromatic rings. The molecular weight excluding hydrogens is 370 g/mol. The number of carbonyl (C=O) groups excluding carboxylic acids is 1. The molecule has 3 aromatic carbocycles. The van der Waals surface area contributed by atoms with E-state index in [9.17, 15) is 4.79 Å². The van der Waals surface area contributed by atoms with Gasteiger partial charge in [-0.2, -0.15) is 0 Å². The van der Waals surface area contributed by atoms with E-state index in [1.54, 1.807) is 0 Å². The van der Waals surface area contributed by atoms with Gasteiger partial charge < -0.3 is 9.22 Å². The fourth-order valence-corrected chi connectivity index (χ4v) is 4.68. The maximum Gasteiger partial charge on any atom is 0.318 e. The first-order chi connectivity index (χ1) is 14.7. The third-order valence-corrected chi connectivity index (χ3v) is 6.41. The van der Waals surface area contributed by atoms with Gasteiger partial charge in [0.15, 0.2) is 0 Å². The first-order valence-electron chi connectivity index (χ1n) is 10.8. The van der Waals surface area contributed by atoms with Gasteiger partial charge in [0, 0.05) is 18.4 Å². The number of esters is 1.